The van der Waals surface area contributed by atoms with E-state index in [9.17, 15) is 4.79 Å². The highest BCUT2D eigenvalue weighted by Gasteiger charge is 2.27. The van der Waals surface area contributed by atoms with Gasteiger partial charge in [-0.15, -0.1) is 0 Å². The number of aromatic nitrogens is 2. The maximum atomic E-state index is 12.8. The Bertz CT molecular complexity index is 801. The van der Waals surface area contributed by atoms with Gasteiger partial charge in [0.05, 0.1) is 20.8 Å². The summed E-state index contributed by atoms with van der Waals surface area (Å²) in [6, 6.07) is 5.46. The second-order valence-electron chi connectivity index (χ2n) is 7.13. The number of rotatable bonds is 10. The minimum atomic E-state index is 0.136. The predicted octanol–water partition coefficient (Wildman–Crippen LogP) is 2.96. The summed E-state index contributed by atoms with van der Waals surface area (Å²) in [6.07, 6.45) is 4.72. The maximum absolute atomic E-state index is 12.8. The molecule has 1 saturated carbocycles. The minimum Gasteiger partial charge on any atom is -0.493 e. The lowest BCUT2D eigenvalue weighted by molar-refractivity contribution is -0.136. The van der Waals surface area contributed by atoms with Crippen LogP contribution in [0.2, 0.25) is 0 Å². The molecule has 1 amide bonds. The Hall–Kier alpha value is -2.61. The summed E-state index contributed by atoms with van der Waals surface area (Å²) in [7, 11) is 4.82. The second-order valence-corrected chi connectivity index (χ2v) is 7.13. The molecule has 1 aromatic carbocycles. The van der Waals surface area contributed by atoms with Crippen molar-refractivity contribution < 1.29 is 23.5 Å². The van der Waals surface area contributed by atoms with E-state index in [1.165, 1.54) is 0 Å². The van der Waals surface area contributed by atoms with Crippen molar-refractivity contribution in [3.05, 3.63) is 24.1 Å². The molecule has 0 unspecified atom stereocenters. The molecule has 1 aromatic heterocycles. The van der Waals surface area contributed by atoms with E-state index >= 15 is 0 Å². The first-order valence-corrected chi connectivity index (χ1v) is 9.99. The second kappa shape index (κ2) is 10.2. The van der Waals surface area contributed by atoms with Gasteiger partial charge in [-0.1, -0.05) is 18.0 Å². The van der Waals surface area contributed by atoms with Crippen LogP contribution in [0.1, 0.15) is 31.6 Å². The van der Waals surface area contributed by atoms with Gasteiger partial charge < -0.3 is 23.6 Å². The first-order chi connectivity index (χ1) is 14.2. The van der Waals surface area contributed by atoms with Crippen molar-refractivity contribution >= 4 is 5.91 Å². The van der Waals surface area contributed by atoms with Crippen molar-refractivity contribution in [2.45, 2.75) is 32.1 Å². The van der Waals surface area contributed by atoms with E-state index in [4.69, 9.17) is 18.7 Å². The molecule has 0 aliphatic heterocycles. The Morgan fingerprint density at radius 3 is 2.59 bits per heavy atom. The van der Waals surface area contributed by atoms with Gasteiger partial charge in [-0.05, 0) is 31.0 Å². The molecule has 29 heavy (non-hydrogen) atoms. The van der Waals surface area contributed by atoms with E-state index in [2.05, 4.69) is 10.1 Å². The lowest BCUT2D eigenvalue weighted by Crippen LogP contribution is -2.39. The van der Waals surface area contributed by atoms with Crippen LogP contribution < -0.4 is 9.47 Å². The van der Waals surface area contributed by atoms with Gasteiger partial charge in [0.25, 0.3) is 0 Å². The quantitative estimate of drug-likeness (QED) is 0.603. The molecule has 0 saturated heterocycles. The molecule has 0 N–H and O–H groups in total. The summed E-state index contributed by atoms with van der Waals surface area (Å²) in [5.74, 6) is 2.56. The molecule has 0 atom stereocenters. The highest BCUT2D eigenvalue weighted by molar-refractivity contribution is 5.79. The number of carbonyl (C=O) groups is 1. The highest BCUT2D eigenvalue weighted by atomic mass is 16.5. The van der Waals surface area contributed by atoms with Crippen LogP contribution in [0, 0.1) is 5.92 Å². The predicted molar refractivity (Wildman–Crippen MR) is 107 cm³/mol. The molecule has 1 heterocycles. The molecule has 2 aromatic rings. The topological polar surface area (TPSA) is 86.9 Å². The monoisotopic (exact) mass is 403 g/mol. The molecule has 8 heteroatoms. The van der Waals surface area contributed by atoms with Crippen molar-refractivity contribution in [2.24, 2.45) is 5.92 Å². The summed E-state index contributed by atoms with van der Waals surface area (Å²) in [6.45, 7) is 1.62. The zero-order chi connectivity index (χ0) is 20.6. The Labute approximate surface area is 171 Å². The van der Waals surface area contributed by atoms with Crippen LogP contribution in [0.4, 0.5) is 0 Å². The van der Waals surface area contributed by atoms with Crippen molar-refractivity contribution in [1.82, 2.24) is 15.0 Å². The number of nitrogens with zero attached hydrogens (tertiary/aromatic N) is 3. The van der Waals surface area contributed by atoms with Crippen LogP contribution in [-0.4, -0.2) is 62.0 Å². The van der Waals surface area contributed by atoms with E-state index in [0.29, 0.717) is 49.3 Å². The van der Waals surface area contributed by atoms with Gasteiger partial charge in [-0.2, -0.15) is 4.98 Å². The van der Waals surface area contributed by atoms with Crippen LogP contribution >= 0.6 is 0 Å². The van der Waals surface area contributed by atoms with E-state index < -0.39 is 0 Å². The fourth-order valence-electron chi connectivity index (χ4n) is 3.64. The average Bonchev–Trinajstić information content (AvgIpc) is 3.45. The third-order valence-corrected chi connectivity index (χ3v) is 5.29. The standard InChI is InChI=1S/C21H29N3O5/c1-26-13-12-24(21(25)15-6-4-5-7-15)11-10-19-22-20(23-29-19)16-8-9-17(27-2)18(14-16)28-3/h8-9,14-15H,4-7,10-13H2,1-3H3. The van der Waals surface area contributed by atoms with E-state index in [1.54, 1.807) is 27.4 Å². The molecule has 0 radical (unpaired) electrons. The van der Waals surface area contributed by atoms with Gasteiger partial charge in [0, 0.05) is 38.1 Å². The number of ether oxygens (including phenoxy) is 3. The van der Waals surface area contributed by atoms with Crippen LogP contribution in [0.15, 0.2) is 22.7 Å². The van der Waals surface area contributed by atoms with E-state index in [-0.39, 0.29) is 11.8 Å². The molecule has 1 fully saturated rings. The van der Waals surface area contributed by atoms with Crippen LogP contribution in [0.25, 0.3) is 11.4 Å². The third kappa shape index (κ3) is 5.26. The van der Waals surface area contributed by atoms with Gasteiger partial charge in [0.2, 0.25) is 17.6 Å². The van der Waals surface area contributed by atoms with Crippen molar-refractivity contribution in [2.75, 3.05) is 41.0 Å². The van der Waals surface area contributed by atoms with Gasteiger partial charge in [0.1, 0.15) is 0 Å². The number of hydrogen-bond donors (Lipinski definition) is 0. The zero-order valence-corrected chi connectivity index (χ0v) is 17.3. The number of hydrogen-bond acceptors (Lipinski definition) is 7. The molecule has 1 aliphatic rings. The van der Waals surface area contributed by atoms with Crippen LogP contribution in [-0.2, 0) is 16.0 Å². The van der Waals surface area contributed by atoms with Gasteiger partial charge in [-0.3, -0.25) is 4.79 Å². The van der Waals surface area contributed by atoms with Gasteiger partial charge in [-0.25, -0.2) is 0 Å². The lowest BCUT2D eigenvalue weighted by Gasteiger charge is -2.24. The Balaban J connectivity index is 1.65. The van der Waals surface area contributed by atoms with Crippen LogP contribution in [0.5, 0.6) is 11.5 Å². The minimum absolute atomic E-state index is 0.136. The fraction of sp³-hybridized carbons (Fsp3) is 0.571. The van der Waals surface area contributed by atoms with Crippen molar-refractivity contribution in [3.63, 3.8) is 0 Å². The molecule has 3 rings (SSSR count). The van der Waals surface area contributed by atoms with E-state index in [1.807, 2.05) is 17.0 Å². The molecule has 1 aliphatic carbocycles. The van der Waals surface area contributed by atoms with Crippen molar-refractivity contribution in [3.8, 4) is 22.9 Å². The summed E-state index contributed by atoms with van der Waals surface area (Å²) in [4.78, 5) is 19.1. The first-order valence-electron chi connectivity index (χ1n) is 9.99. The molecular formula is C21H29N3O5. The third-order valence-electron chi connectivity index (χ3n) is 5.29. The van der Waals surface area contributed by atoms with Gasteiger partial charge in [0.15, 0.2) is 11.5 Å². The number of carbonyl (C=O) groups excluding carboxylic acids is 1. The molecule has 0 bridgehead atoms. The normalized spacial score (nSPS) is 14.2. The zero-order valence-electron chi connectivity index (χ0n) is 17.3. The summed E-state index contributed by atoms with van der Waals surface area (Å²) < 4.78 is 21.2. The largest absolute Gasteiger partial charge is 0.493 e. The lowest BCUT2D eigenvalue weighted by atomic mass is 10.1. The average molecular weight is 403 g/mol. The molecule has 158 valence electrons. The Kier molecular flexibility index (Phi) is 7.46. The Morgan fingerprint density at radius 1 is 1.14 bits per heavy atom. The van der Waals surface area contributed by atoms with Gasteiger partial charge >= 0.3 is 0 Å². The molecule has 8 nitrogen and oxygen atoms in total. The first kappa shape index (κ1) is 21.1. The summed E-state index contributed by atoms with van der Waals surface area (Å²) in [5.41, 5.74) is 0.774. The SMILES string of the molecule is COCCN(CCc1nc(-c2ccc(OC)c(OC)c2)no1)C(=O)C1CCCC1. The maximum Gasteiger partial charge on any atom is 0.228 e. The van der Waals surface area contributed by atoms with E-state index in [0.717, 1.165) is 31.2 Å². The summed E-state index contributed by atoms with van der Waals surface area (Å²) >= 11 is 0. The molecular weight excluding hydrogens is 374 g/mol. The smallest absolute Gasteiger partial charge is 0.228 e. The number of amides is 1. The number of methoxy groups -OCH3 is 3. The Morgan fingerprint density at radius 2 is 1.90 bits per heavy atom. The van der Waals surface area contributed by atoms with Crippen LogP contribution in [0.3, 0.4) is 0 Å². The molecule has 0 spiro atoms. The highest BCUT2D eigenvalue weighted by Crippen LogP contribution is 2.31. The van der Waals surface area contributed by atoms with Crippen molar-refractivity contribution in [1.29, 1.82) is 0 Å². The fourth-order valence-corrected chi connectivity index (χ4v) is 3.64. The summed E-state index contributed by atoms with van der Waals surface area (Å²) in [5, 5.41) is 4.07. The number of benzene rings is 1.